The van der Waals surface area contributed by atoms with E-state index in [0.29, 0.717) is 6.04 Å². The molecule has 3 rings (SSSR count). The predicted molar refractivity (Wildman–Crippen MR) is 90.9 cm³/mol. The molecule has 2 aromatic heterocycles. The molecule has 0 amide bonds. The van der Waals surface area contributed by atoms with Crippen molar-refractivity contribution >= 4 is 21.4 Å². The van der Waals surface area contributed by atoms with Crippen LogP contribution < -0.4 is 5.32 Å². The normalized spacial score (nSPS) is 12.7. The van der Waals surface area contributed by atoms with Crippen molar-refractivity contribution in [3.63, 3.8) is 0 Å². The molecule has 3 aromatic rings. The number of nitrogens with zero attached hydrogens (tertiary/aromatic N) is 1. The molecule has 21 heavy (non-hydrogen) atoms. The van der Waals surface area contributed by atoms with Crippen molar-refractivity contribution < 1.29 is 0 Å². The monoisotopic (exact) mass is 296 g/mol. The largest absolute Gasteiger partial charge is 0.309 e. The zero-order valence-corrected chi connectivity index (χ0v) is 13.3. The summed E-state index contributed by atoms with van der Waals surface area (Å²) >= 11 is 1.88. The van der Waals surface area contributed by atoms with E-state index >= 15 is 0 Å². The summed E-state index contributed by atoms with van der Waals surface area (Å²) in [5.41, 5.74) is 2.45. The van der Waals surface area contributed by atoms with Gasteiger partial charge in [0, 0.05) is 33.9 Å². The Morgan fingerprint density at radius 3 is 2.81 bits per heavy atom. The zero-order valence-electron chi connectivity index (χ0n) is 12.5. The van der Waals surface area contributed by atoms with Crippen LogP contribution in [0.3, 0.4) is 0 Å². The number of likely N-dealkylation sites (N-methyl/N-ethyl adjacent to an activating group) is 1. The lowest BCUT2D eigenvalue weighted by molar-refractivity contribution is 0.551. The fourth-order valence-electron chi connectivity index (χ4n) is 2.62. The summed E-state index contributed by atoms with van der Waals surface area (Å²) in [6, 6.07) is 15.4. The molecule has 0 radical (unpaired) electrons. The molecule has 0 saturated carbocycles. The lowest BCUT2D eigenvalue weighted by atomic mass is 10.1. The van der Waals surface area contributed by atoms with Gasteiger partial charge < -0.3 is 5.32 Å². The Bertz CT molecular complexity index is 700. The Hall–Kier alpha value is -1.71. The van der Waals surface area contributed by atoms with Gasteiger partial charge >= 0.3 is 0 Å². The molecule has 1 unspecified atom stereocenters. The standard InChI is InChI=1S/C18H20N2S/c1-3-19-16(12-15-13(2)7-6-10-20-15)18-11-14-8-4-5-9-17(14)21-18/h4-11,16,19H,3,12H2,1-2H3. The third-order valence-corrected chi connectivity index (χ3v) is 4.98. The predicted octanol–water partition coefficient (Wildman–Crippen LogP) is 4.50. The van der Waals surface area contributed by atoms with Crippen molar-refractivity contribution in [3.8, 4) is 0 Å². The second kappa shape index (κ2) is 6.37. The van der Waals surface area contributed by atoms with Gasteiger partial charge in [-0.1, -0.05) is 31.2 Å². The summed E-state index contributed by atoms with van der Waals surface area (Å²) in [4.78, 5) is 5.94. The average molecular weight is 296 g/mol. The van der Waals surface area contributed by atoms with Crippen molar-refractivity contribution in [2.45, 2.75) is 26.3 Å². The summed E-state index contributed by atoms with van der Waals surface area (Å²) in [5.74, 6) is 0. The number of fused-ring (bicyclic) bond motifs is 1. The van der Waals surface area contributed by atoms with E-state index in [0.717, 1.165) is 13.0 Å². The number of thiophene rings is 1. The van der Waals surface area contributed by atoms with Crippen LogP contribution in [0.4, 0.5) is 0 Å². The van der Waals surface area contributed by atoms with E-state index in [4.69, 9.17) is 0 Å². The van der Waals surface area contributed by atoms with Crippen LogP contribution in [-0.4, -0.2) is 11.5 Å². The second-order valence-corrected chi connectivity index (χ2v) is 6.38. The Kier molecular flexibility index (Phi) is 4.32. The van der Waals surface area contributed by atoms with E-state index in [-0.39, 0.29) is 0 Å². The second-order valence-electron chi connectivity index (χ2n) is 5.27. The number of nitrogens with one attached hydrogen (secondary N) is 1. The van der Waals surface area contributed by atoms with Crippen LogP contribution in [0.2, 0.25) is 0 Å². The number of pyridine rings is 1. The molecule has 0 spiro atoms. The number of benzene rings is 1. The van der Waals surface area contributed by atoms with Crippen LogP contribution in [0.1, 0.15) is 29.1 Å². The van der Waals surface area contributed by atoms with Gasteiger partial charge in [0.2, 0.25) is 0 Å². The Morgan fingerprint density at radius 2 is 2.05 bits per heavy atom. The molecule has 0 aliphatic rings. The number of hydrogen-bond acceptors (Lipinski definition) is 3. The van der Waals surface area contributed by atoms with Gasteiger partial charge in [-0.15, -0.1) is 11.3 Å². The van der Waals surface area contributed by atoms with Gasteiger partial charge in [-0.25, -0.2) is 0 Å². The topological polar surface area (TPSA) is 24.9 Å². The van der Waals surface area contributed by atoms with Gasteiger partial charge in [-0.3, -0.25) is 4.98 Å². The highest BCUT2D eigenvalue weighted by Crippen LogP contribution is 2.31. The maximum absolute atomic E-state index is 4.54. The zero-order chi connectivity index (χ0) is 14.7. The van der Waals surface area contributed by atoms with E-state index in [1.165, 1.54) is 26.2 Å². The summed E-state index contributed by atoms with van der Waals surface area (Å²) < 4.78 is 1.35. The van der Waals surface area contributed by atoms with Gasteiger partial charge in [0.25, 0.3) is 0 Å². The first-order valence-corrected chi connectivity index (χ1v) is 8.22. The molecule has 0 aliphatic carbocycles. The minimum atomic E-state index is 0.334. The van der Waals surface area contributed by atoms with Crippen LogP contribution in [0, 0.1) is 6.92 Å². The molecule has 0 fully saturated rings. The summed E-state index contributed by atoms with van der Waals surface area (Å²) in [7, 11) is 0. The van der Waals surface area contributed by atoms with Crippen LogP contribution in [-0.2, 0) is 6.42 Å². The quantitative estimate of drug-likeness (QED) is 0.750. The molecule has 1 N–H and O–H groups in total. The third-order valence-electron chi connectivity index (χ3n) is 3.75. The van der Waals surface area contributed by atoms with Crippen molar-refractivity contribution in [1.29, 1.82) is 0 Å². The summed E-state index contributed by atoms with van der Waals surface area (Å²) in [6.07, 6.45) is 2.82. The van der Waals surface area contributed by atoms with Gasteiger partial charge in [0.1, 0.15) is 0 Å². The molecule has 2 nitrogen and oxygen atoms in total. The lowest BCUT2D eigenvalue weighted by Crippen LogP contribution is -2.22. The number of hydrogen-bond donors (Lipinski definition) is 1. The van der Waals surface area contributed by atoms with Gasteiger partial charge in [0.05, 0.1) is 0 Å². The number of aryl methyl sites for hydroxylation is 1. The summed E-state index contributed by atoms with van der Waals surface area (Å²) in [6.45, 7) is 5.26. The maximum atomic E-state index is 4.54. The van der Waals surface area contributed by atoms with Crippen LogP contribution in [0.25, 0.3) is 10.1 Å². The average Bonchev–Trinajstić information content (AvgIpc) is 2.93. The molecule has 108 valence electrons. The fourth-order valence-corrected chi connectivity index (χ4v) is 3.76. The van der Waals surface area contributed by atoms with E-state index in [1.807, 2.05) is 23.6 Å². The van der Waals surface area contributed by atoms with Crippen LogP contribution >= 0.6 is 11.3 Å². The molecule has 1 atom stereocenters. The Balaban J connectivity index is 1.92. The van der Waals surface area contributed by atoms with E-state index < -0.39 is 0 Å². The Labute approximate surface area is 129 Å². The highest BCUT2D eigenvalue weighted by atomic mass is 32.1. The molecular formula is C18H20N2S. The number of aromatic nitrogens is 1. The smallest absolute Gasteiger partial charge is 0.0471 e. The van der Waals surface area contributed by atoms with Gasteiger partial charge in [-0.2, -0.15) is 0 Å². The maximum Gasteiger partial charge on any atom is 0.0471 e. The highest BCUT2D eigenvalue weighted by Gasteiger charge is 2.15. The van der Waals surface area contributed by atoms with Crippen molar-refractivity contribution in [3.05, 3.63) is 64.8 Å². The van der Waals surface area contributed by atoms with Gasteiger partial charge in [-0.05, 0) is 42.6 Å². The van der Waals surface area contributed by atoms with E-state index in [2.05, 4.69) is 60.5 Å². The molecule has 1 aromatic carbocycles. The number of rotatable bonds is 5. The molecule has 3 heteroatoms. The minimum absolute atomic E-state index is 0.334. The minimum Gasteiger partial charge on any atom is -0.309 e. The fraction of sp³-hybridized carbons (Fsp3) is 0.278. The molecular weight excluding hydrogens is 276 g/mol. The Morgan fingerprint density at radius 1 is 1.19 bits per heavy atom. The van der Waals surface area contributed by atoms with E-state index in [1.54, 1.807) is 0 Å². The van der Waals surface area contributed by atoms with Crippen LogP contribution in [0.15, 0.2) is 48.7 Å². The molecule has 0 aliphatic heterocycles. The van der Waals surface area contributed by atoms with Crippen molar-refractivity contribution in [2.75, 3.05) is 6.54 Å². The van der Waals surface area contributed by atoms with Crippen molar-refractivity contribution in [2.24, 2.45) is 0 Å². The first kappa shape index (κ1) is 14.2. The molecule has 0 bridgehead atoms. The highest BCUT2D eigenvalue weighted by molar-refractivity contribution is 7.19. The summed E-state index contributed by atoms with van der Waals surface area (Å²) in [5, 5.41) is 4.94. The van der Waals surface area contributed by atoms with Gasteiger partial charge in [0.15, 0.2) is 0 Å². The molecule has 2 heterocycles. The lowest BCUT2D eigenvalue weighted by Gasteiger charge is -2.17. The van der Waals surface area contributed by atoms with Crippen molar-refractivity contribution in [1.82, 2.24) is 10.3 Å². The van der Waals surface area contributed by atoms with E-state index in [9.17, 15) is 0 Å². The first-order valence-electron chi connectivity index (χ1n) is 7.40. The third kappa shape index (κ3) is 3.14. The SMILES string of the molecule is CCNC(Cc1ncccc1C)c1cc2ccccc2s1. The van der Waals surface area contributed by atoms with Crippen LogP contribution in [0.5, 0.6) is 0 Å². The molecule has 0 saturated heterocycles. The first-order chi connectivity index (χ1) is 10.3.